The summed E-state index contributed by atoms with van der Waals surface area (Å²) < 4.78 is 0. The molecular formula is C17H23N3. The monoisotopic (exact) mass is 269 g/mol. The van der Waals surface area contributed by atoms with Gasteiger partial charge in [0.1, 0.15) is 0 Å². The minimum atomic E-state index is 0.802. The van der Waals surface area contributed by atoms with Crippen LogP contribution in [0.15, 0.2) is 42.6 Å². The summed E-state index contributed by atoms with van der Waals surface area (Å²) in [6, 6.07) is 12.8. The van der Waals surface area contributed by atoms with Crippen molar-refractivity contribution in [3.8, 4) is 0 Å². The molecule has 3 heteroatoms. The second-order valence-corrected chi connectivity index (χ2v) is 5.44. The molecule has 0 saturated carbocycles. The van der Waals surface area contributed by atoms with Crippen LogP contribution in [0.25, 0.3) is 0 Å². The maximum atomic E-state index is 4.41. The lowest BCUT2D eigenvalue weighted by Crippen LogP contribution is -2.17. The number of aryl methyl sites for hydroxylation is 1. The summed E-state index contributed by atoms with van der Waals surface area (Å²) in [6.45, 7) is 4.71. The van der Waals surface area contributed by atoms with Gasteiger partial charge >= 0.3 is 0 Å². The van der Waals surface area contributed by atoms with Gasteiger partial charge in [-0.2, -0.15) is 0 Å². The Morgan fingerprint density at radius 3 is 2.40 bits per heavy atom. The zero-order valence-electron chi connectivity index (χ0n) is 12.6. The minimum absolute atomic E-state index is 0.802. The van der Waals surface area contributed by atoms with Crippen molar-refractivity contribution in [1.29, 1.82) is 0 Å². The molecule has 0 saturated heterocycles. The topological polar surface area (TPSA) is 28.2 Å². The Kier molecular flexibility index (Phi) is 5.27. The Hall–Kier alpha value is -1.71. The number of nitrogens with one attached hydrogen (secondary N) is 1. The smallest absolute Gasteiger partial charge is 0.0541 e. The molecule has 0 bridgehead atoms. The van der Waals surface area contributed by atoms with Crippen LogP contribution < -0.4 is 5.32 Å². The van der Waals surface area contributed by atoms with E-state index in [0.717, 1.165) is 25.3 Å². The molecule has 1 N–H and O–H groups in total. The van der Waals surface area contributed by atoms with Gasteiger partial charge in [0.2, 0.25) is 0 Å². The molecule has 20 heavy (non-hydrogen) atoms. The molecular weight excluding hydrogens is 246 g/mol. The molecule has 1 aromatic carbocycles. The van der Waals surface area contributed by atoms with E-state index < -0.39 is 0 Å². The van der Waals surface area contributed by atoms with Crippen LogP contribution in [0, 0.1) is 6.92 Å². The minimum Gasteiger partial charge on any atom is -0.307 e. The van der Waals surface area contributed by atoms with Crippen molar-refractivity contribution < 1.29 is 0 Å². The number of rotatable bonds is 6. The van der Waals surface area contributed by atoms with Crippen LogP contribution in [0.5, 0.6) is 0 Å². The van der Waals surface area contributed by atoms with E-state index in [4.69, 9.17) is 0 Å². The van der Waals surface area contributed by atoms with E-state index in [1.807, 2.05) is 6.20 Å². The molecule has 0 spiro atoms. The average Bonchev–Trinajstić information content (AvgIpc) is 2.42. The predicted molar refractivity (Wildman–Crippen MR) is 83.4 cm³/mol. The Balaban J connectivity index is 1.92. The normalized spacial score (nSPS) is 11.0. The fourth-order valence-electron chi connectivity index (χ4n) is 2.15. The number of benzene rings is 1. The van der Waals surface area contributed by atoms with Crippen molar-refractivity contribution in [3.63, 3.8) is 0 Å². The fourth-order valence-corrected chi connectivity index (χ4v) is 2.15. The van der Waals surface area contributed by atoms with E-state index in [-0.39, 0.29) is 0 Å². The highest BCUT2D eigenvalue weighted by Crippen LogP contribution is 2.10. The Bertz CT molecular complexity index is 532. The van der Waals surface area contributed by atoms with Gasteiger partial charge in [-0.3, -0.25) is 4.98 Å². The maximum Gasteiger partial charge on any atom is 0.0541 e. The maximum absolute atomic E-state index is 4.41. The SMILES string of the molecule is Cc1ccc(CNCc2ccccc2CN(C)C)nc1. The fraction of sp³-hybridized carbons (Fsp3) is 0.353. The van der Waals surface area contributed by atoms with Gasteiger partial charge in [-0.15, -0.1) is 0 Å². The third kappa shape index (κ3) is 4.44. The van der Waals surface area contributed by atoms with Crippen molar-refractivity contribution in [2.24, 2.45) is 0 Å². The summed E-state index contributed by atoms with van der Waals surface area (Å²) in [4.78, 5) is 6.60. The van der Waals surface area contributed by atoms with Gasteiger partial charge in [0.05, 0.1) is 5.69 Å². The number of hydrogen-bond acceptors (Lipinski definition) is 3. The molecule has 0 aliphatic rings. The van der Waals surface area contributed by atoms with Crippen LogP contribution in [-0.2, 0) is 19.6 Å². The van der Waals surface area contributed by atoms with Gasteiger partial charge in [0, 0.05) is 25.8 Å². The summed E-state index contributed by atoms with van der Waals surface area (Å²) in [5.74, 6) is 0. The largest absolute Gasteiger partial charge is 0.307 e. The molecule has 106 valence electrons. The molecule has 0 amide bonds. The van der Waals surface area contributed by atoms with Crippen molar-refractivity contribution in [1.82, 2.24) is 15.2 Å². The third-order valence-corrected chi connectivity index (χ3v) is 3.20. The lowest BCUT2D eigenvalue weighted by Gasteiger charge is -2.14. The van der Waals surface area contributed by atoms with Gasteiger partial charge < -0.3 is 10.2 Å². The molecule has 0 aliphatic carbocycles. The highest BCUT2D eigenvalue weighted by molar-refractivity contribution is 5.27. The number of hydrogen-bond donors (Lipinski definition) is 1. The molecule has 0 atom stereocenters. The molecule has 0 radical (unpaired) electrons. The van der Waals surface area contributed by atoms with Crippen LogP contribution >= 0.6 is 0 Å². The first-order valence-corrected chi connectivity index (χ1v) is 6.99. The van der Waals surface area contributed by atoms with Gasteiger partial charge in [-0.25, -0.2) is 0 Å². The first-order valence-electron chi connectivity index (χ1n) is 6.99. The highest BCUT2D eigenvalue weighted by atomic mass is 15.0. The van der Waals surface area contributed by atoms with E-state index in [9.17, 15) is 0 Å². The predicted octanol–water partition coefficient (Wildman–Crippen LogP) is 2.74. The third-order valence-electron chi connectivity index (χ3n) is 3.20. The first kappa shape index (κ1) is 14.7. The summed E-state index contributed by atoms with van der Waals surface area (Å²) in [5, 5.41) is 3.47. The van der Waals surface area contributed by atoms with Crippen LogP contribution in [-0.4, -0.2) is 24.0 Å². The second kappa shape index (κ2) is 7.17. The first-order chi connectivity index (χ1) is 9.65. The van der Waals surface area contributed by atoms with Crippen LogP contribution in [0.4, 0.5) is 0 Å². The van der Waals surface area contributed by atoms with Gasteiger partial charge in [-0.05, 0) is 43.8 Å². The van der Waals surface area contributed by atoms with Crippen molar-refractivity contribution in [2.75, 3.05) is 14.1 Å². The van der Waals surface area contributed by atoms with Gasteiger partial charge in [0.15, 0.2) is 0 Å². The zero-order chi connectivity index (χ0) is 14.4. The lowest BCUT2D eigenvalue weighted by atomic mass is 10.1. The number of aromatic nitrogens is 1. The number of pyridine rings is 1. The van der Waals surface area contributed by atoms with E-state index in [1.165, 1.54) is 16.7 Å². The molecule has 0 fully saturated rings. The second-order valence-electron chi connectivity index (χ2n) is 5.44. The Labute approximate surface area is 121 Å². The van der Waals surface area contributed by atoms with E-state index in [0.29, 0.717) is 0 Å². The Morgan fingerprint density at radius 2 is 1.75 bits per heavy atom. The summed E-state index contributed by atoms with van der Waals surface area (Å²) in [6.07, 6.45) is 1.91. The Morgan fingerprint density at radius 1 is 1.00 bits per heavy atom. The van der Waals surface area contributed by atoms with E-state index in [1.54, 1.807) is 0 Å². The molecule has 2 aromatic rings. The van der Waals surface area contributed by atoms with Gasteiger partial charge in [-0.1, -0.05) is 30.3 Å². The average molecular weight is 269 g/mol. The van der Waals surface area contributed by atoms with Crippen LogP contribution in [0.2, 0.25) is 0 Å². The van der Waals surface area contributed by atoms with E-state index >= 15 is 0 Å². The highest BCUT2D eigenvalue weighted by Gasteiger charge is 2.03. The standard InChI is InChI=1S/C17H23N3/c1-14-8-9-17(19-10-14)12-18-11-15-6-4-5-7-16(15)13-20(2)3/h4-10,18H,11-13H2,1-3H3. The molecule has 1 heterocycles. The summed E-state index contributed by atoms with van der Waals surface area (Å²) >= 11 is 0. The lowest BCUT2D eigenvalue weighted by molar-refractivity contribution is 0.400. The number of nitrogens with zero attached hydrogens (tertiary/aromatic N) is 2. The molecule has 3 nitrogen and oxygen atoms in total. The van der Waals surface area contributed by atoms with Gasteiger partial charge in [0.25, 0.3) is 0 Å². The molecule has 1 aromatic heterocycles. The van der Waals surface area contributed by atoms with E-state index in [2.05, 4.69) is 72.6 Å². The van der Waals surface area contributed by atoms with Crippen molar-refractivity contribution in [3.05, 3.63) is 65.0 Å². The molecule has 0 aliphatic heterocycles. The summed E-state index contributed by atoms with van der Waals surface area (Å²) in [5.41, 5.74) is 5.01. The quantitative estimate of drug-likeness (QED) is 0.874. The zero-order valence-corrected chi connectivity index (χ0v) is 12.6. The summed E-state index contributed by atoms with van der Waals surface area (Å²) in [7, 11) is 4.20. The van der Waals surface area contributed by atoms with Crippen LogP contribution in [0.1, 0.15) is 22.4 Å². The molecule has 2 rings (SSSR count). The molecule has 0 unspecified atom stereocenters. The van der Waals surface area contributed by atoms with Crippen LogP contribution in [0.3, 0.4) is 0 Å². The van der Waals surface area contributed by atoms with Crippen molar-refractivity contribution >= 4 is 0 Å². The van der Waals surface area contributed by atoms with Crippen molar-refractivity contribution in [2.45, 2.75) is 26.6 Å².